The third-order valence-corrected chi connectivity index (χ3v) is 4.16. The summed E-state index contributed by atoms with van der Waals surface area (Å²) in [7, 11) is 0. The van der Waals surface area contributed by atoms with Gasteiger partial charge in [0.15, 0.2) is 0 Å². The van der Waals surface area contributed by atoms with Crippen molar-refractivity contribution in [2.24, 2.45) is 5.41 Å². The van der Waals surface area contributed by atoms with E-state index in [1.165, 1.54) is 24.9 Å². The van der Waals surface area contributed by atoms with Crippen molar-refractivity contribution in [3.8, 4) is 0 Å². The first-order valence-electron chi connectivity index (χ1n) is 7.43. The molecule has 0 aromatic heterocycles. The largest absolute Gasteiger partial charge is 0.388 e. The first kappa shape index (κ1) is 14.5. The van der Waals surface area contributed by atoms with Crippen LogP contribution in [0.4, 0.5) is 0 Å². The van der Waals surface area contributed by atoms with Crippen molar-refractivity contribution in [1.29, 1.82) is 0 Å². The summed E-state index contributed by atoms with van der Waals surface area (Å²) in [6, 6.07) is 8.23. The Morgan fingerprint density at radius 1 is 1.26 bits per heavy atom. The maximum atomic E-state index is 10.2. The molecule has 2 rings (SSSR count). The molecule has 1 N–H and O–H groups in total. The van der Waals surface area contributed by atoms with E-state index in [4.69, 9.17) is 0 Å². The van der Waals surface area contributed by atoms with E-state index in [1.807, 2.05) is 12.1 Å². The first-order valence-corrected chi connectivity index (χ1v) is 7.43. The third kappa shape index (κ3) is 4.32. The number of aryl methyl sites for hydroxylation is 1. The molecule has 0 bridgehead atoms. The smallest absolute Gasteiger partial charge is 0.0802 e. The molecule has 1 atom stereocenters. The Kier molecular flexibility index (Phi) is 4.64. The molecule has 2 heteroatoms. The molecule has 1 aliphatic heterocycles. The number of aliphatic hydroxyl groups is 1. The molecule has 19 heavy (non-hydrogen) atoms. The van der Waals surface area contributed by atoms with Gasteiger partial charge in [-0.25, -0.2) is 0 Å². The van der Waals surface area contributed by atoms with E-state index < -0.39 is 0 Å². The molecular formula is C17H27NO. The molecule has 2 nitrogen and oxygen atoms in total. The van der Waals surface area contributed by atoms with Gasteiger partial charge in [0.25, 0.3) is 0 Å². The maximum Gasteiger partial charge on any atom is 0.0802 e. The number of rotatable bonds is 4. The van der Waals surface area contributed by atoms with E-state index in [-0.39, 0.29) is 6.10 Å². The second-order valence-corrected chi connectivity index (χ2v) is 6.76. The second-order valence-electron chi connectivity index (χ2n) is 6.76. The van der Waals surface area contributed by atoms with Gasteiger partial charge in [0.2, 0.25) is 0 Å². The Bertz CT molecular complexity index is 396. The molecule has 0 radical (unpaired) electrons. The van der Waals surface area contributed by atoms with Crippen molar-refractivity contribution in [2.45, 2.75) is 46.1 Å². The van der Waals surface area contributed by atoms with Gasteiger partial charge in [0.1, 0.15) is 0 Å². The van der Waals surface area contributed by atoms with Crippen molar-refractivity contribution in [2.75, 3.05) is 19.6 Å². The molecule has 0 amide bonds. The summed E-state index contributed by atoms with van der Waals surface area (Å²) in [6.07, 6.45) is 3.11. The van der Waals surface area contributed by atoms with Crippen molar-refractivity contribution in [3.05, 3.63) is 35.4 Å². The van der Waals surface area contributed by atoms with E-state index in [1.54, 1.807) is 0 Å². The van der Waals surface area contributed by atoms with Crippen LogP contribution in [-0.2, 0) is 0 Å². The number of piperidine rings is 1. The molecule has 1 saturated heterocycles. The van der Waals surface area contributed by atoms with Gasteiger partial charge in [-0.3, -0.25) is 0 Å². The summed E-state index contributed by atoms with van der Waals surface area (Å²) in [5, 5.41) is 10.2. The van der Waals surface area contributed by atoms with Crippen molar-refractivity contribution in [1.82, 2.24) is 4.90 Å². The van der Waals surface area contributed by atoms with Crippen LogP contribution in [0.1, 0.15) is 50.3 Å². The molecule has 1 aromatic rings. The second kappa shape index (κ2) is 6.06. The van der Waals surface area contributed by atoms with Crippen LogP contribution in [-0.4, -0.2) is 29.6 Å². The minimum absolute atomic E-state index is 0.328. The molecule has 1 unspecified atom stereocenters. The van der Waals surface area contributed by atoms with Crippen molar-refractivity contribution >= 4 is 0 Å². The summed E-state index contributed by atoms with van der Waals surface area (Å²) < 4.78 is 0. The van der Waals surface area contributed by atoms with Gasteiger partial charge in [-0.1, -0.05) is 43.7 Å². The predicted octanol–water partition coefficient (Wildman–Crippen LogP) is 3.54. The lowest BCUT2D eigenvalue weighted by atomic mass is 9.84. The van der Waals surface area contributed by atoms with E-state index in [0.29, 0.717) is 5.41 Å². The molecule has 1 aliphatic rings. The zero-order valence-corrected chi connectivity index (χ0v) is 12.5. The number of benzene rings is 1. The predicted molar refractivity (Wildman–Crippen MR) is 80.2 cm³/mol. The highest BCUT2D eigenvalue weighted by molar-refractivity contribution is 5.23. The zero-order chi connectivity index (χ0) is 13.9. The lowest BCUT2D eigenvalue weighted by molar-refractivity contribution is 0.0899. The Hall–Kier alpha value is -0.860. The fraction of sp³-hybridized carbons (Fsp3) is 0.647. The molecule has 106 valence electrons. The van der Waals surface area contributed by atoms with Gasteiger partial charge < -0.3 is 10.0 Å². The fourth-order valence-electron chi connectivity index (χ4n) is 3.00. The summed E-state index contributed by atoms with van der Waals surface area (Å²) in [4.78, 5) is 2.50. The highest BCUT2D eigenvalue weighted by Crippen LogP contribution is 2.29. The Labute approximate surface area is 117 Å². The number of likely N-dealkylation sites (tertiary alicyclic amines) is 1. The fourth-order valence-corrected chi connectivity index (χ4v) is 3.00. The van der Waals surface area contributed by atoms with Gasteiger partial charge in [0.05, 0.1) is 6.10 Å². The standard InChI is InChI=1S/C17H27NO/c1-14-5-7-15(8-6-14)16(19)9-12-18-11-4-10-17(2,3)13-18/h5-8,16,19H,4,9-13H2,1-3H3. The monoisotopic (exact) mass is 261 g/mol. The van der Waals surface area contributed by atoms with Crippen LogP contribution in [0.15, 0.2) is 24.3 Å². The van der Waals surface area contributed by atoms with Crippen LogP contribution in [0.2, 0.25) is 0 Å². The van der Waals surface area contributed by atoms with Gasteiger partial charge in [-0.15, -0.1) is 0 Å². The first-order chi connectivity index (χ1) is 8.96. The molecule has 0 spiro atoms. The lowest BCUT2D eigenvalue weighted by Gasteiger charge is -2.38. The topological polar surface area (TPSA) is 23.5 Å². The summed E-state index contributed by atoms with van der Waals surface area (Å²) in [5.74, 6) is 0. The molecule has 0 aliphatic carbocycles. The van der Waals surface area contributed by atoms with E-state index in [2.05, 4.69) is 37.8 Å². The minimum Gasteiger partial charge on any atom is -0.388 e. The van der Waals surface area contributed by atoms with E-state index in [0.717, 1.165) is 25.1 Å². The lowest BCUT2D eigenvalue weighted by Crippen LogP contribution is -2.40. The zero-order valence-electron chi connectivity index (χ0n) is 12.5. The Morgan fingerprint density at radius 2 is 1.95 bits per heavy atom. The summed E-state index contributed by atoms with van der Waals surface area (Å²) in [5.41, 5.74) is 2.73. The molecular weight excluding hydrogens is 234 g/mol. The minimum atomic E-state index is -0.328. The third-order valence-electron chi connectivity index (χ3n) is 4.16. The maximum absolute atomic E-state index is 10.2. The highest BCUT2D eigenvalue weighted by atomic mass is 16.3. The van der Waals surface area contributed by atoms with Crippen LogP contribution in [0.25, 0.3) is 0 Å². The number of nitrogens with zero attached hydrogens (tertiary/aromatic N) is 1. The van der Waals surface area contributed by atoms with Gasteiger partial charge in [-0.2, -0.15) is 0 Å². The SMILES string of the molecule is Cc1ccc(C(O)CCN2CCCC(C)(C)C2)cc1. The van der Waals surface area contributed by atoms with Crippen LogP contribution >= 0.6 is 0 Å². The number of aliphatic hydroxyl groups excluding tert-OH is 1. The number of hydrogen-bond acceptors (Lipinski definition) is 2. The summed E-state index contributed by atoms with van der Waals surface area (Å²) >= 11 is 0. The molecule has 1 aromatic carbocycles. The highest BCUT2D eigenvalue weighted by Gasteiger charge is 2.26. The average Bonchev–Trinajstić information content (AvgIpc) is 2.36. The summed E-state index contributed by atoms with van der Waals surface area (Å²) in [6.45, 7) is 10.1. The Morgan fingerprint density at radius 3 is 2.58 bits per heavy atom. The van der Waals surface area contributed by atoms with Crippen molar-refractivity contribution < 1.29 is 5.11 Å². The average molecular weight is 261 g/mol. The molecule has 1 heterocycles. The van der Waals surface area contributed by atoms with Crippen LogP contribution in [0, 0.1) is 12.3 Å². The molecule has 0 saturated carbocycles. The normalized spacial score (nSPS) is 21.3. The van der Waals surface area contributed by atoms with Crippen LogP contribution < -0.4 is 0 Å². The van der Waals surface area contributed by atoms with Gasteiger partial charge >= 0.3 is 0 Å². The van der Waals surface area contributed by atoms with E-state index in [9.17, 15) is 5.11 Å². The number of hydrogen-bond donors (Lipinski definition) is 1. The Balaban J connectivity index is 1.83. The van der Waals surface area contributed by atoms with Crippen LogP contribution in [0.3, 0.4) is 0 Å². The van der Waals surface area contributed by atoms with Crippen LogP contribution in [0.5, 0.6) is 0 Å². The van der Waals surface area contributed by atoms with Gasteiger partial charge in [-0.05, 0) is 43.7 Å². The van der Waals surface area contributed by atoms with Gasteiger partial charge in [0, 0.05) is 13.1 Å². The van der Waals surface area contributed by atoms with Crippen molar-refractivity contribution in [3.63, 3.8) is 0 Å². The molecule has 1 fully saturated rings. The van der Waals surface area contributed by atoms with E-state index >= 15 is 0 Å². The quantitative estimate of drug-likeness (QED) is 0.896.